The number of hydrogen-bond donors (Lipinski definition) is 2. The van der Waals surface area contributed by atoms with Crippen LogP contribution in [0.3, 0.4) is 0 Å². The van der Waals surface area contributed by atoms with Gasteiger partial charge in [-0.3, -0.25) is 4.98 Å². The first-order valence-corrected chi connectivity index (χ1v) is 9.78. The van der Waals surface area contributed by atoms with Crippen molar-refractivity contribution in [1.82, 2.24) is 14.9 Å². The number of pyridine rings is 1. The molecule has 2 heterocycles. The summed E-state index contributed by atoms with van der Waals surface area (Å²) in [4.78, 5) is 16.7. The van der Waals surface area contributed by atoms with E-state index < -0.39 is 0 Å². The van der Waals surface area contributed by atoms with Crippen molar-refractivity contribution in [3.8, 4) is 0 Å². The lowest BCUT2D eigenvalue weighted by Gasteiger charge is -2.18. The molecule has 2 amide bonds. The number of aryl methyl sites for hydroxylation is 2. The normalized spacial score (nSPS) is 12.0. The third-order valence-corrected chi connectivity index (χ3v) is 5.29. The van der Waals surface area contributed by atoms with Crippen molar-refractivity contribution in [3.63, 3.8) is 0 Å². The van der Waals surface area contributed by atoms with Crippen LogP contribution in [0.15, 0.2) is 73.2 Å². The molecule has 30 heavy (non-hydrogen) atoms. The number of amides is 2. The Bertz CT molecular complexity index is 1190. The molecule has 6 heteroatoms. The maximum absolute atomic E-state index is 13.8. The lowest BCUT2D eigenvalue weighted by Crippen LogP contribution is -2.32. The molecule has 152 valence electrons. The summed E-state index contributed by atoms with van der Waals surface area (Å²) in [5.41, 5.74) is 4.20. The first kappa shape index (κ1) is 19.6. The van der Waals surface area contributed by atoms with Gasteiger partial charge in [-0.2, -0.15) is 0 Å². The second-order valence-electron chi connectivity index (χ2n) is 7.35. The third kappa shape index (κ3) is 4.03. The second kappa shape index (κ2) is 8.37. The number of hydrogen-bond acceptors (Lipinski definition) is 2. The van der Waals surface area contributed by atoms with Crippen molar-refractivity contribution in [2.45, 2.75) is 12.8 Å². The molecule has 0 aliphatic carbocycles. The highest BCUT2D eigenvalue weighted by molar-refractivity contribution is 5.89. The smallest absolute Gasteiger partial charge is 0.319 e. The highest BCUT2D eigenvalue weighted by Gasteiger charge is 2.20. The Morgan fingerprint density at radius 1 is 1.17 bits per heavy atom. The number of carbonyl (C=O) groups excluding carboxylic acids is 1. The molecule has 1 atom stereocenters. The van der Waals surface area contributed by atoms with Crippen LogP contribution in [0.4, 0.5) is 14.9 Å². The van der Waals surface area contributed by atoms with Crippen LogP contribution in [-0.2, 0) is 7.05 Å². The topological polar surface area (TPSA) is 59.0 Å². The number of carbonyl (C=O) groups is 1. The summed E-state index contributed by atoms with van der Waals surface area (Å²) in [6.45, 7) is 2.06. The maximum Gasteiger partial charge on any atom is 0.319 e. The summed E-state index contributed by atoms with van der Waals surface area (Å²) in [7, 11) is 2.01. The van der Waals surface area contributed by atoms with E-state index in [0.717, 1.165) is 22.0 Å². The van der Waals surface area contributed by atoms with Gasteiger partial charge in [-0.25, -0.2) is 9.18 Å². The molecule has 2 N–H and O–H groups in total. The Hall–Kier alpha value is -3.67. The fourth-order valence-electron chi connectivity index (χ4n) is 3.68. The predicted molar refractivity (Wildman–Crippen MR) is 117 cm³/mol. The van der Waals surface area contributed by atoms with Crippen molar-refractivity contribution in [3.05, 3.63) is 95.7 Å². The van der Waals surface area contributed by atoms with Gasteiger partial charge in [0.1, 0.15) is 5.82 Å². The van der Waals surface area contributed by atoms with E-state index in [-0.39, 0.29) is 17.8 Å². The first-order valence-electron chi connectivity index (χ1n) is 9.78. The van der Waals surface area contributed by atoms with Gasteiger partial charge in [0, 0.05) is 54.7 Å². The molecule has 0 bridgehead atoms. The molecule has 0 radical (unpaired) electrons. The third-order valence-electron chi connectivity index (χ3n) is 5.29. The summed E-state index contributed by atoms with van der Waals surface area (Å²) in [5.74, 6) is -0.429. The number of rotatable bonds is 5. The standard InChI is InChI=1S/C24H23FN4O/c1-16-9-10-18(12-22(16)25)28-24(30)27-14-20(17-6-5-11-26-13-17)21-15-29(2)23-8-4-3-7-19(21)23/h3-13,15,20H,14H2,1-2H3,(H2,27,28,30). The van der Waals surface area contributed by atoms with Gasteiger partial charge in [0.25, 0.3) is 0 Å². The number of anilines is 1. The SMILES string of the molecule is Cc1ccc(NC(=O)NCC(c2cccnc2)c2cn(C)c3ccccc23)cc1F. The van der Waals surface area contributed by atoms with Gasteiger partial charge in [0.05, 0.1) is 0 Å². The van der Waals surface area contributed by atoms with E-state index in [2.05, 4.69) is 38.5 Å². The number of nitrogens with zero attached hydrogens (tertiary/aromatic N) is 2. The van der Waals surface area contributed by atoms with E-state index in [1.165, 1.54) is 6.07 Å². The van der Waals surface area contributed by atoms with Gasteiger partial charge in [0.2, 0.25) is 0 Å². The van der Waals surface area contributed by atoms with Crippen molar-refractivity contribution in [2.24, 2.45) is 7.05 Å². The molecule has 0 spiro atoms. The zero-order valence-corrected chi connectivity index (χ0v) is 16.9. The predicted octanol–water partition coefficient (Wildman–Crippen LogP) is 4.97. The minimum Gasteiger partial charge on any atom is -0.350 e. The van der Waals surface area contributed by atoms with Crippen molar-refractivity contribution in [2.75, 3.05) is 11.9 Å². The van der Waals surface area contributed by atoms with Gasteiger partial charge in [0.15, 0.2) is 0 Å². The molecule has 5 nitrogen and oxygen atoms in total. The Balaban J connectivity index is 1.58. The number of urea groups is 1. The fraction of sp³-hybridized carbons (Fsp3) is 0.167. The quantitative estimate of drug-likeness (QED) is 0.495. The van der Waals surface area contributed by atoms with Crippen LogP contribution in [0.2, 0.25) is 0 Å². The van der Waals surface area contributed by atoms with E-state index in [4.69, 9.17) is 0 Å². The highest BCUT2D eigenvalue weighted by Crippen LogP contribution is 2.31. The van der Waals surface area contributed by atoms with Crippen LogP contribution in [0, 0.1) is 12.7 Å². The minimum absolute atomic E-state index is 0.0784. The molecule has 0 aliphatic heterocycles. The number of benzene rings is 2. The molecule has 0 fully saturated rings. The van der Waals surface area contributed by atoms with Crippen molar-refractivity contribution < 1.29 is 9.18 Å². The summed E-state index contributed by atoms with van der Waals surface area (Å²) < 4.78 is 15.8. The van der Waals surface area contributed by atoms with Gasteiger partial charge < -0.3 is 15.2 Å². The van der Waals surface area contributed by atoms with Crippen LogP contribution in [0.1, 0.15) is 22.6 Å². The molecule has 4 rings (SSSR count). The monoisotopic (exact) mass is 402 g/mol. The van der Waals surface area contributed by atoms with Crippen molar-refractivity contribution >= 4 is 22.6 Å². The summed E-state index contributed by atoms with van der Waals surface area (Å²) >= 11 is 0. The molecule has 4 aromatic rings. The maximum atomic E-state index is 13.8. The summed E-state index contributed by atoms with van der Waals surface area (Å²) in [6, 6.07) is 16.3. The number of nitrogens with one attached hydrogen (secondary N) is 2. The van der Waals surface area contributed by atoms with Crippen LogP contribution >= 0.6 is 0 Å². The number of para-hydroxylation sites is 1. The Labute approximate surface area is 174 Å². The van der Waals surface area contributed by atoms with Crippen LogP contribution in [0.25, 0.3) is 10.9 Å². The molecule has 0 saturated carbocycles. The molecule has 2 aromatic carbocycles. The molecular formula is C24H23FN4O. The van der Waals surface area contributed by atoms with Gasteiger partial charge in [-0.15, -0.1) is 0 Å². The molecular weight excluding hydrogens is 379 g/mol. The first-order chi connectivity index (χ1) is 14.5. The molecule has 0 aliphatic rings. The number of aromatic nitrogens is 2. The summed E-state index contributed by atoms with van der Waals surface area (Å²) in [6.07, 6.45) is 5.65. The average molecular weight is 402 g/mol. The number of halogens is 1. The van der Waals surface area contributed by atoms with Gasteiger partial charge >= 0.3 is 6.03 Å². The summed E-state index contributed by atoms with van der Waals surface area (Å²) in [5, 5.41) is 6.76. The minimum atomic E-state index is -0.382. The van der Waals surface area contributed by atoms with Crippen LogP contribution in [0.5, 0.6) is 0 Å². The Morgan fingerprint density at radius 2 is 2.00 bits per heavy atom. The van der Waals surface area contributed by atoms with Gasteiger partial charge in [-0.1, -0.05) is 30.3 Å². The van der Waals surface area contributed by atoms with E-state index in [0.29, 0.717) is 17.8 Å². The molecule has 0 saturated heterocycles. The molecule has 2 aromatic heterocycles. The van der Waals surface area contributed by atoms with E-state index >= 15 is 0 Å². The lowest BCUT2D eigenvalue weighted by atomic mass is 9.92. The second-order valence-corrected chi connectivity index (χ2v) is 7.35. The Morgan fingerprint density at radius 3 is 2.77 bits per heavy atom. The fourth-order valence-corrected chi connectivity index (χ4v) is 3.68. The van der Waals surface area contributed by atoms with E-state index in [1.54, 1.807) is 25.3 Å². The van der Waals surface area contributed by atoms with Crippen LogP contribution in [-0.4, -0.2) is 22.1 Å². The zero-order valence-electron chi connectivity index (χ0n) is 16.9. The van der Waals surface area contributed by atoms with E-state index in [1.807, 2.05) is 37.5 Å². The zero-order chi connectivity index (χ0) is 21.1. The van der Waals surface area contributed by atoms with Gasteiger partial charge in [-0.05, 0) is 47.9 Å². The average Bonchev–Trinajstić information content (AvgIpc) is 3.08. The Kier molecular flexibility index (Phi) is 5.48. The molecule has 1 unspecified atom stereocenters. The largest absolute Gasteiger partial charge is 0.350 e. The highest BCUT2D eigenvalue weighted by atomic mass is 19.1. The lowest BCUT2D eigenvalue weighted by molar-refractivity contribution is 0.252. The van der Waals surface area contributed by atoms with Crippen molar-refractivity contribution in [1.29, 1.82) is 0 Å². The van der Waals surface area contributed by atoms with Crippen LogP contribution < -0.4 is 10.6 Å². The number of fused-ring (bicyclic) bond motifs is 1. The van der Waals surface area contributed by atoms with E-state index in [9.17, 15) is 9.18 Å².